The predicted octanol–water partition coefficient (Wildman–Crippen LogP) is 4.90. The Morgan fingerprint density at radius 1 is 1.06 bits per heavy atom. The van der Waals surface area contributed by atoms with Gasteiger partial charge in [-0.05, 0) is 37.3 Å². The lowest BCUT2D eigenvalue weighted by atomic mass is 9.95. The number of amides is 1. The van der Waals surface area contributed by atoms with Crippen LogP contribution in [-0.2, 0) is 4.79 Å². The van der Waals surface area contributed by atoms with Crippen LogP contribution in [0, 0.1) is 0 Å². The van der Waals surface area contributed by atoms with Gasteiger partial charge in [0.15, 0.2) is 5.58 Å². The van der Waals surface area contributed by atoms with Crippen LogP contribution in [0.2, 0.25) is 5.02 Å². The summed E-state index contributed by atoms with van der Waals surface area (Å²) in [6.45, 7) is 1.81. The molecule has 0 aliphatic carbocycles. The highest BCUT2D eigenvalue weighted by molar-refractivity contribution is 6.31. The van der Waals surface area contributed by atoms with Gasteiger partial charge in [-0.3, -0.25) is 10.1 Å². The molecule has 1 aliphatic rings. The van der Waals surface area contributed by atoms with Gasteiger partial charge in [0.25, 0.3) is 5.91 Å². The first-order valence-corrected chi connectivity index (χ1v) is 10.6. The lowest BCUT2D eigenvalue weighted by Gasteiger charge is -2.26. The molecule has 3 heterocycles. The molecule has 2 aromatic carbocycles. The zero-order chi connectivity index (χ0) is 22.8. The highest BCUT2D eigenvalue weighted by Crippen LogP contribution is 2.35. The topological polar surface area (TPSA) is 104 Å². The lowest BCUT2D eigenvalue weighted by molar-refractivity contribution is -0.113. The van der Waals surface area contributed by atoms with E-state index < -0.39 is 6.04 Å². The molecule has 0 radical (unpaired) electrons. The molecule has 8 nitrogen and oxygen atoms in total. The smallest absolute Gasteiger partial charge is 0.302 e. The van der Waals surface area contributed by atoms with Gasteiger partial charge in [0.05, 0.1) is 5.57 Å². The number of halogens is 1. The summed E-state index contributed by atoms with van der Waals surface area (Å²) in [5.41, 5.74) is 3.12. The van der Waals surface area contributed by atoms with E-state index in [1.54, 1.807) is 37.4 Å². The first-order valence-electron chi connectivity index (χ1n) is 10.2. The van der Waals surface area contributed by atoms with Crippen LogP contribution in [0.5, 0.6) is 0 Å². The number of para-hydroxylation sites is 2. The zero-order valence-electron chi connectivity index (χ0n) is 17.5. The molecule has 0 saturated carbocycles. The number of fused-ring (bicyclic) bond motifs is 1. The zero-order valence-corrected chi connectivity index (χ0v) is 18.3. The first-order chi connectivity index (χ1) is 16.1. The van der Waals surface area contributed by atoms with E-state index in [0.29, 0.717) is 39.2 Å². The number of allylic oxidation sites excluding steroid dienone is 1. The Morgan fingerprint density at radius 2 is 1.85 bits per heavy atom. The van der Waals surface area contributed by atoms with E-state index in [4.69, 9.17) is 21.0 Å². The third-order valence-electron chi connectivity index (χ3n) is 5.11. The summed E-state index contributed by atoms with van der Waals surface area (Å²) in [6, 6.07) is 19.7. The summed E-state index contributed by atoms with van der Waals surface area (Å²) in [5, 5.41) is 9.55. The largest absolute Gasteiger partial charge is 0.423 e. The number of nitrogens with one attached hydrogen (secondary N) is 3. The van der Waals surface area contributed by atoms with Gasteiger partial charge in [0, 0.05) is 22.5 Å². The fraction of sp³-hybridized carbons (Fsp3) is 0.0833. The minimum atomic E-state index is -0.657. The van der Waals surface area contributed by atoms with E-state index in [1.807, 2.05) is 42.5 Å². The molecule has 1 atom stereocenters. The maximum absolute atomic E-state index is 13.2. The number of hydrogen-bond donors (Lipinski definition) is 3. The highest BCUT2D eigenvalue weighted by Gasteiger charge is 2.31. The fourth-order valence-electron chi connectivity index (χ4n) is 3.60. The monoisotopic (exact) mass is 458 g/mol. The van der Waals surface area contributed by atoms with Crippen molar-refractivity contribution in [3.05, 3.63) is 94.8 Å². The molecule has 1 unspecified atom stereocenters. The molecular weight excluding hydrogens is 440 g/mol. The highest BCUT2D eigenvalue weighted by atomic mass is 35.5. The number of aromatic nitrogens is 2. The van der Waals surface area contributed by atoms with E-state index >= 15 is 0 Å². The quantitative estimate of drug-likeness (QED) is 0.401. The second kappa shape index (κ2) is 8.76. The van der Waals surface area contributed by atoms with Gasteiger partial charge < -0.3 is 15.1 Å². The van der Waals surface area contributed by atoms with E-state index in [2.05, 4.69) is 25.9 Å². The van der Waals surface area contributed by atoms with Crippen LogP contribution < -0.4 is 16.0 Å². The van der Waals surface area contributed by atoms with Crippen molar-refractivity contribution >= 4 is 46.4 Å². The molecule has 0 fully saturated rings. The number of pyridine rings is 1. The molecule has 164 valence electrons. The van der Waals surface area contributed by atoms with Crippen LogP contribution in [-0.4, -0.2) is 21.8 Å². The van der Waals surface area contributed by atoms with E-state index in [9.17, 15) is 4.79 Å². The summed E-state index contributed by atoms with van der Waals surface area (Å²) in [4.78, 5) is 26.6. The molecule has 3 N–H and O–H groups in total. The van der Waals surface area contributed by atoms with Gasteiger partial charge in [-0.1, -0.05) is 48.0 Å². The third kappa shape index (κ3) is 4.28. The fourth-order valence-corrected chi connectivity index (χ4v) is 3.84. The Labute approximate surface area is 194 Å². The number of anilines is 2. The molecule has 4 aromatic rings. The number of rotatable bonds is 4. The average molecular weight is 459 g/mol. The van der Waals surface area contributed by atoms with Gasteiger partial charge in [0.1, 0.15) is 17.4 Å². The third-order valence-corrected chi connectivity index (χ3v) is 5.46. The minimum absolute atomic E-state index is 0.287. The van der Waals surface area contributed by atoms with Crippen molar-refractivity contribution in [3.8, 4) is 0 Å². The van der Waals surface area contributed by atoms with Crippen molar-refractivity contribution in [2.24, 2.45) is 4.99 Å². The number of hydrogen-bond acceptors (Lipinski definition) is 7. The molecule has 2 aromatic heterocycles. The normalized spacial score (nSPS) is 15.7. The van der Waals surface area contributed by atoms with E-state index in [1.165, 1.54) is 0 Å². The number of oxazole rings is 1. The van der Waals surface area contributed by atoms with Crippen molar-refractivity contribution < 1.29 is 9.21 Å². The van der Waals surface area contributed by atoms with Crippen LogP contribution in [0.4, 0.5) is 11.8 Å². The van der Waals surface area contributed by atoms with E-state index in [0.717, 1.165) is 5.52 Å². The number of carbonyl (C=O) groups excluding carboxylic acids is 1. The summed E-state index contributed by atoms with van der Waals surface area (Å²) < 4.78 is 5.75. The van der Waals surface area contributed by atoms with Crippen LogP contribution in [0.3, 0.4) is 0 Å². The molecule has 0 saturated heterocycles. The molecule has 33 heavy (non-hydrogen) atoms. The Hall–Kier alpha value is -4.17. The van der Waals surface area contributed by atoms with Crippen LogP contribution in [0.15, 0.2) is 93.6 Å². The second-order valence-corrected chi connectivity index (χ2v) is 7.75. The van der Waals surface area contributed by atoms with Gasteiger partial charge >= 0.3 is 6.01 Å². The van der Waals surface area contributed by atoms with Crippen LogP contribution in [0.25, 0.3) is 11.1 Å². The summed E-state index contributed by atoms with van der Waals surface area (Å²) >= 11 is 6.49. The van der Waals surface area contributed by atoms with Crippen molar-refractivity contribution in [2.75, 3.05) is 10.6 Å². The summed E-state index contributed by atoms with van der Waals surface area (Å²) in [5.74, 6) is 0.506. The number of benzene rings is 2. The second-order valence-electron chi connectivity index (χ2n) is 7.35. The predicted molar refractivity (Wildman–Crippen MR) is 128 cm³/mol. The number of guanidine groups is 1. The van der Waals surface area contributed by atoms with Crippen molar-refractivity contribution in [2.45, 2.75) is 13.0 Å². The van der Waals surface area contributed by atoms with Crippen molar-refractivity contribution in [1.29, 1.82) is 0 Å². The van der Waals surface area contributed by atoms with Gasteiger partial charge in [-0.25, -0.2) is 9.98 Å². The molecule has 5 rings (SSSR count). The van der Waals surface area contributed by atoms with Gasteiger partial charge in [-0.2, -0.15) is 4.98 Å². The number of aliphatic imine (C=N–C) groups is 1. The van der Waals surface area contributed by atoms with Crippen LogP contribution in [0.1, 0.15) is 18.5 Å². The molecular formula is C24H19ClN6O2. The maximum atomic E-state index is 13.2. The van der Waals surface area contributed by atoms with Crippen molar-refractivity contribution in [3.63, 3.8) is 0 Å². The summed E-state index contributed by atoms with van der Waals surface area (Å²) in [7, 11) is 0. The molecule has 1 amide bonds. The molecule has 1 aliphatic heterocycles. The van der Waals surface area contributed by atoms with Gasteiger partial charge in [0.2, 0.25) is 5.96 Å². The molecule has 9 heteroatoms. The Morgan fingerprint density at radius 3 is 2.64 bits per heavy atom. The Bertz CT molecular complexity index is 1360. The van der Waals surface area contributed by atoms with Gasteiger partial charge in [-0.15, -0.1) is 0 Å². The number of carbonyl (C=O) groups is 1. The minimum Gasteiger partial charge on any atom is -0.423 e. The Balaban J connectivity index is 1.50. The Kier molecular flexibility index (Phi) is 5.50. The average Bonchev–Trinajstić information content (AvgIpc) is 3.22. The number of nitrogens with zero attached hydrogens (tertiary/aromatic N) is 3. The summed E-state index contributed by atoms with van der Waals surface area (Å²) in [6.07, 6.45) is 1.61. The first kappa shape index (κ1) is 20.7. The van der Waals surface area contributed by atoms with E-state index in [-0.39, 0.29) is 11.9 Å². The standard InChI is InChI=1S/C24H19ClN6O2/c1-14-20(22(32)29-19-12-6-7-13-26-19)21(15-8-2-3-9-16(15)25)30-23(27-14)31-24-28-17-10-4-5-11-18(17)33-24/h2-13,21H,1H3,(H,26,29,32)(H2,27,28,30,31). The van der Waals surface area contributed by atoms with Crippen molar-refractivity contribution in [1.82, 2.24) is 15.3 Å². The maximum Gasteiger partial charge on any atom is 0.302 e. The van der Waals surface area contributed by atoms with Crippen LogP contribution >= 0.6 is 11.6 Å². The molecule has 0 spiro atoms. The molecule has 0 bridgehead atoms. The SMILES string of the molecule is CC1=C(C(=O)Nc2ccccn2)C(c2ccccc2Cl)N=C(Nc2nc3ccccc3o2)N1. The lowest BCUT2D eigenvalue weighted by Crippen LogP contribution is -2.37.